The van der Waals surface area contributed by atoms with Crippen molar-refractivity contribution in [3.05, 3.63) is 50.6 Å². The number of nitrogens with one attached hydrogen (secondary N) is 2. The Morgan fingerprint density at radius 2 is 1.86 bits per heavy atom. The molecule has 1 amide bonds. The summed E-state index contributed by atoms with van der Waals surface area (Å²) >= 11 is 4.70. The lowest BCUT2D eigenvalue weighted by molar-refractivity contribution is 0.103. The lowest BCUT2D eigenvalue weighted by atomic mass is 10.3. The predicted molar refractivity (Wildman–Crippen MR) is 93.0 cm³/mol. The van der Waals surface area contributed by atoms with Crippen LogP contribution in [-0.2, 0) is 16.4 Å². The van der Waals surface area contributed by atoms with Crippen LogP contribution in [0, 0.1) is 0 Å². The van der Waals surface area contributed by atoms with E-state index in [1.165, 1.54) is 11.3 Å². The summed E-state index contributed by atoms with van der Waals surface area (Å²) < 4.78 is 25.3. The maximum Gasteiger partial charge on any atom is 0.265 e. The van der Waals surface area contributed by atoms with Crippen molar-refractivity contribution in [2.75, 3.05) is 18.1 Å². The Morgan fingerprint density at radius 1 is 1.18 bits per heavy atom. The molecular weight excluding hydrogens is 388 g/mol. The van der Waals surface area contributed by atoms with E-state index in [0.717, 1.165) is 21.3 Å². The van der Waals surface area contributed by atoms with Gasteiger partial charge in [-0.2, -0.15) is 0 Å². The molecule has 0 fully saturated rings. The molecule has 0 aliphatic heterocycles. The third-order valence-electron chi connectivity index (χ3n) is 2.72. The summed E-state index contributed by atoms with van der Waals surface area (Å²) in [6.45, 7) is 0.327. The quantitative estimate of drug-likeness (QED) is 0.779. The van der Waals surface area contributed by atoms with Crippen molar-refractivity contribution in [3.8, 4) is 0 Å². The summed E-state index contributed by atoms with van der Waals surface area (Å²) in [4.78, 5) is 13.7. The van der Waals surface area contributed by atoms with Crippen molar-refractivity contribution in [2.45, 2.75) is 6.42 Å². The Bertz CT molecular complexity index is 755. The highest BCUT2D eigenvalue weighted by Crippen LogP contribution is 2.20. The Balaban J connectivity index is 1.92. The van der Waals surface area contributed by atoms with Gasteiger partial charge in [-0.25, -0.2) is 13.1 Å². The molecule has 0 spiro atoms. The van der Waals surface area contributed by atoms with Crippen LogP contribution in [0.2, 0.25) is 0 Å². The summed E-state index contributed by atoms with van der Waals surface area (Å²) in [5.41, 5.74) is 0.724. The fourth-order valence-corrected chi connectivity index (χ4v) is 3.36. The second-order valence-electron chi connectivity index (χ2n) is 4.64. The molecule has 0 radical (unpaired) electrons. The second kappa shape index (κ2) is 7.36. The van der Waals surface area contributed by atoms with Gasteiger partial charge < -0.3 is 5.32 Å². The number of rotatable bonds is 6. The average molecular weight is 403 g/mol. The van der Waals surface area contributed by atoms with Crippen molar-refractivity contribution in [1.82, 2.24) is 4.72 Å². The monoisotopic (exact) mass is 402 g/mol. The fourth-order valence-electron chi connectivity index (χ4n) is 1.72. The first kappa shape index (κ1) is 17.1. The average Bonchev–Trinajstić information content (AvgIpc) is 2.89. The van der Waals surface area contributed by atoms with Gasteiger partial charge in [-0.1, -0.05) is 15.9 Å². The third kappa shape index (κ3) is 5.53. The Hall–Kier alpha value is -1.22. The lowest BCUT2D eigenvalue weighted by Crippen LogP contribution is -2.24. The van der Waals surface area contributed by atoms with Crippen LogP contribution in [0.5, 0.6) is 0 Å². The van der Waals surface area contributed by atoms with E-state index in [2.05, 4.69) is 26.0 Å². The molecule has 1 heterocycles. The van der Waals surface area contributed by atoms with E-state index in [1.54, 1.807) is 6.07 Å². The van der Waals surface area contributed by atoms with E-state index in [0.29, 0.717) is 17.8 Å². The fraction of sp³-hybridized carbons (Fsp3) is 0.214. The molecule has 1 aromatic carbocycles. The second-order valence-corrected chi connectivity index (χ2v) is 8.56. The number of thiophene rings is 1. The number of hydrogen-bond acceptors (Lipinski definition) is 4. The van der Waals surface area contributed by atoms with Crippen molar-refractivity contribution in [2.24, 2.45) is 0 Å². The standard InChI is InChI=1S/C14H15BrN2O3S2/c1-22(19,20)16-9-8-12-6-7-13(21-12)14(18)17-11-4-2-10(15)3-5-11/h2-7,16H,8-9H2,1H3,(H,17,18). The highest BCUT2D eigenvalue weighted by molar-refractivity contribution is 9.10. The van der Waals surface area contributed by atoms with Gasteiger partial charge >= 0.3 is 0 Å². The van der Waals surface area contributed by atoms with Crippen LogP contribution in [0.1, 0.15) is 14.5 Å². The van der Waals surface area contributed by atoms with Gasteiger partial charge in [0.2, 0.25) is 10.0 Å². The van der Waals surface area contributed by atoms with Gasteiger partial charge in [-0.05, 0) is 42.8 Å². The lowest BCUT2D eigenvalue weighted by Gasteiger charge is -2.03. The van der Waals surface area contributed by atoms with Gasteiger partial charge in [0, 0.05) is 21.6 Å². The largest absolute Gasteiger partial charge is 0.321 e. The number of anilines is 1. The van der Waals surface area contributed by atoms with Crippen LogP contribution in [0.25, 0.3) is 0 Å². The van der Waals surface area contributed by atoms with Gasteiger partial charge in [0.15, 0.2) is 0 Å². The van der Waals surface area contributed by atoms with E-state index in [-0.39, 0.29) is 5.91 Å². The minimum atomic E-state index is -3.18. The highest BCUT2D eigenvalue weighted by atomic mass is 79.9. The number of hydrogen-bond donors (Lipinski definition) is 2. The van der Waals surface area contributed by atoms with Crippen molar-refractivity contribution in [1.29, 1.82) is 0 Å². The Morgan fingerprint density at radius 3 is 2.50 bits per heavy atom. The summed E-state index contributed by atoms with van der Waals surface area (Å²) in [5, 5.41) is 2.82. The molecular formula is C14H15BrN2O3S2. The van der Waals surface area contributed by atoms with Crippen LogP contribution in [-0.4, -0.2) is 27.1 Å². The number of sulfonamides is 1. The summed E-state index contributed by atoms with van der Waals surface area (Å²) in [6.07, 6.45) is 1.68. The summed E-state index contributed by atoms with van der Waals surface area (Å²) in [7, 11) is -3.18. The van der Waals surface area contributed by atoms with Gasteiger partial charge in [0.25, 0.3) is 5.91 Å². The summed E-state index contributed by atoms with van der Waals surface area (Å²) in [6, 6.07) is 10.9. The Kier molecular flexibility index (Phi) is 5.74. The number of halogens is 1. The first-order chi connectivity index (χ1) is 10.3. The number of amides is 1. The SMILES string of the molecule is CS(=O)(=O)NCCc1ccc(C(=O)Nc2ccc(Br)cc2)s1. The molecule has 118 valence electrons. The maximum atomic E-state index is 12.1. The molecule has 0 aliphatic carbocycles. The van der Waals surface area contributed by atoms with Crippen molar-refractivity contribution >= 4 is 48.9 Å². The maximum absolute atomic E-state index is 12.1. The molecule has 0 atom stereocenters. The van der Waals surface area contributed by atoms with Gasteiger partial charge in [0.05, 0.1) is 11.1 Å². The van der Waals surface area contributed by atoms with E-state index in [1.807, 2.05) is 30.3 Å². The normalized spacial score (nSPS) is 11.4. The Labute approximate surface area is 141 Å². The molecule has 2 N–H and O–H groups in total. The molecule has 0 unspecified atom stereocenters. The van der Waals surface area contributed by atoms with Crippen molar-refractivity contribution < 1.29 is 13.2 Å². The number of benzene rings is 1. The number of carbonyl (C=O) groups excluding carboxylic acids is 1. The molecule has 5 nitrogen and oxygen atoms in total. The first-order valence-electron chi connectivity index (χ1n) is 6.44. The van der Waals surface area contributed by atoms with Gasteiger partial charge in [-0.3, -0.25) is 4.79 Å². The molecule has 2 aromatic rings. The molecule has 22 heavy (non-hydrogen) atoms. The zero-order valence-corrected chi connectivity index (χ0v) is 15.0. The topological polar surface area (TPSA) is 75.3 Å². The van der Waals surface area contributed by atoms with E-state index < -0.39 is 10.0 Å². The van der Waals surface area contributed by atoms with Crippen molar-refractivity contribution in [3.63, 3.8) is 0 Å². The molecule has 8 heteroatoms. The molecule has 0 bridgehead atoms. The van der Waals surface area contributed by atoms with E-state index >= 15 is 0 Å². The van der Waals surface area contributed by atoms with Crippen LogP contribution < -0.4 is 10.0 Å². The molecule has 2 rings (SSSR count). The molecule has 0 saturated carbocycles. The predicted octanol–water partition coefficient (Wildman–Crippen LogP) is 2.85. The van der Waals surface area contributed by atoms with E-state index in [4.69, 9.17) is 0 Å². The highest BCUT2D eigenvalue weighted by Gasteiger charge is 2.10. The zero-order chi connectivity index (χ0) is 16.2. The van der Waals surface area contributed by atoms with Crippen LogP contribution in [0.15, 0.2) is 40.9 Å². The van der Waals surface area contributed by atoms with Crippen LogP contribution >= 0.6 is 27.3 Å². The zero-order valence-electron chi connectivity index (χ0n) is 11.8. The van der Waals surface area contributed by atoms with Crippen LogP contribution in [0.3, 0.4) is 0 Å². The first-order valence-corrected chi connectivity index (χ1v) is 9.94. The molecule has 0 saturated heterocycles. The van der Waals surface area contributed by atoms with E-state index in [9.17, 15) is 13.2 Å². The summed E-state index contributed by atoms with van der Waals surface area (Å²) in [5.74, 6) is -0.172. The minimum Gasteiger partial charge on any atom is -0.321 e. The third-order valence-corrected chi connectivity index (χ3v) is 5.12. The molecule has 0 aliphatic rings. The smallest absolute Gasteiger partial charge is 0.265 e. The van der Waals surface area contributed by atoms with Gasteiger partial charge in [-0.15, -0.1) is 11.3 Å². The van der Waals surface area contributed by atoms with Crippen LogP contribution in [0.4, 0.5) is 5.69 Å². The molecule has 1 aromatic heterocycles. The minimum absolute atomic E-state index is 0.172. The number of carbonyl (C=O) groups is 1. The van der Waals surface area contributed by atoms with Gasteiger partial charge in [0.1, 0.15) is 0 Å².